The first-order chi connectivity index (χ1) is 16.5. The van der Waals surface area contributed by atoms with Gasteiger partial charge in [0.2, 0.25) is 0 Å². The van der Waals surface area contributed by atoms with E-state index < -0.39 is 0 Å². The van der Waals surface area contributed by atoms with Gasteiger partial charge in [-0.2, -0.15) is 0 Å². The summed E-state index contributed by atoms with van der Waals surface area (Å²) in [4.78, 5) is 5.00. The summed E-state index contributed by atoms with van der Waals surface area (Å²) in [5.41, 5.74) is 10.3. The monoisotopic (exact) mass is 455 g/mol. The van der Waals surface area contributed by atoms with Crippen molar-refractivity contribution in [3.63, 3.8) is 0 Å². The van der Waals surface area contributed by atoms with Crippen LogP contribution < -0.4 is 5.32 Å². The number of hydrogen-bond acceptors (Lipinski definition) is 3. The Morgan fingerprint density at radius 1 is 0.941 bits per heavy atom. The van der Waals surface area contributed by atoms with Crippen LogP contribution in [0, 0.1) is 0 Å². The normalized spacial score (nSPS) is 17.9. The maximum atomic E-state index is 4.46. The van der Waals surface area contributed by atoms with E-state index in [4.69, 9.17) is 0 Å². The molecule has 2 heterocycles. The van der Waals surface area contributed by atoms with Crippen molar-refractivity contribution in [2.45, 2.75) is 71.5 Å². The summed E-state index contributed by atoms with van der Waals surface area (Å²) in [5, 5.41) is 3.37. The van der Waals surface area contributed by atoms with Gasteiger partial charge < -0.3 is 10.2 Å². The molecule has 2 aromatic carbocycles. The van der Waals surface area contributed by atoms with Gasteiger partial charge in [0.05, 0.1) is 6.04 Å². The Bertz CT molecular complexity index is 1030. The average molecular weight is 456 g/mol. The van der Waals surface area contributed by atoms with Crippen LogP contribution in [0.1, 0.15) is 67.3 Å². The van der Waals surface area contributed by atoms with Crippen LogP contribution in [0.5, 0.6) is 0 Å². The van der Waals surface area contributed by atoms with Gasteiger partial charge in [-0.1, -0.05) is 76.0 Å². The number of hydrogen-bond donors (Lipinski definition) is 1. The standard InChI is InChI=1S/C31H41N3/c1-6-19-33(20-7-2)21-27-14-12-26(13-15-27)16-17-28-9-8-10-29-25(5)34(22-30(28)29)31-18-11-23(3)32-24(31)4/h8-10,12-15,31-32H,3-7,11,16-22H2,1-2H3. The van der Waals surface area contributed by atoms with Crippen LogP contribution in [0.2, 0.25) is 0 Å². The van der Waals surface area contributed by atoms with E-state index in [1.165, 1.54) is 53.7 Å². The molecular weight excluding hydrogens is 414 g/mol. The van der Waals surface area contributed by atoms with Gasteiger partial charge in [-0.15, -0.1) is 0 Å². The maximum Gasteiger partial charge on any atom is 0.0693 e. The fourth-order valence-electron chi connectivity index (χ4n) is 5.50. The van der Waals surface area contributed by atoms with Gasteiger partial charge in [0, 0.05) is 35.7 Å². The molecule has 0 saturated carbocycles. The molecule has 3 nitrogen and oxygen atoms in total. The lowest BCUT2D eigenvalue weighted by molar-refractivity contribution is 0.266. The van der Waals surface area contributed by atoms with Crippen molar-refractivity contribution in [2.24, 2.45) is 0 Å². The largest absolute Gasteiger partial charge is 0.362 e. The zero-order chi connectivity index (χ0) is 24.1. The number of allylic oxidation sites excluding steroid dienone is 1. The van der Waals surface area contributed by atoms with E-state index in [9.17, 15) is 0 Å². The van der Waals surface area contributed by atoms with Crippen molar-refractivity contribution in [1.29, 1.82) is 0 Å². The first-order valence-electron chi connectivity index (χ1n) is 13.0. The lowest BCUT2D eigenvalue weighted by Gasteiger charge is -2.36. The van der Waals surface area contributed by atoms with Crippen molar-refractivity contribution >= 4 is 5.70 Å². The molecule has 1 unspecified atom stereocenters. The van der Waals surface area contributed by atoms with E-state index in [1.807, 2.05) is 0 Å². The van der Waals surface area contributed by atoms with Gasteiger partial charge in [-0.3, -0.25) is 4.90 Å². The molecule has 0 amide bonds. The molecule has 1 saturated heterocycles. The average Bonchev–Trinajstić information content (AvgIpc) is 3.16. The second-order valence-corrected chi connectivity index (χ2v) is 9.92. The summed E-state index contributed by atoms with van der Waals surface area (Å²) in [6.07, 6.45) is 6.58. The predicted octanol–water partition coefficient (Wildman–Crippen LogP) is 6.66. The molecule has 0 bridgehead atoms. The summed E-state index contributed by atoms with van der Waals surface area (Å²) in [7, 11) is 0. The highest BCUT2D eigenvalue weighted by Crippen LogP contribution is 2.38. The highest BCUT2D eigenvalue weighted by atomic mass is 15.2. The molecule has 0 radical (unpaired) electrons. The van der Waals surface area contributed by atoms with Crippen LogP contribution in [-0.2, 0) is 25.9 Å². The number of benzene rings is 2. The van der Waals surface area contributed by atoms with E-state index in [1.54, 1.807) is 0 Å². The van der Waals surface area contributed by atoms with Gasteiger partial charge in [0.25, 0.3) is 0 Å². The van der Waals surface area contributed by atoms with Crippen LogP contribution in [-0.4, -0.2) is 28.9 Å². The van der Waals surface area contributed by atoms with Crippen LogP contribution in [0.4, 0.5) is 0 Å². The van der Waals surface area contributed by atoms with Crippen molar-refractivity contribution in [3.8, 4) is 0 Å². The number of fused-ring (bicyclic) bond motifs is 1. The molecule has 4 rings (SSSR count). The molecular formula is C31H41N3. The Balaban J connectivity index is 1.40. The zero-order valence-electron chi connectivity index (χ0n) is 21.2. The number of nitrogens with one attached hydrogen (secondary N) is 1. The molecule has 34 heavy (non-hydrogen) atoms. The summed E-state index contributed by atoms with van der Waals surface area (Å²) in [6, 6.07) is 16.3. The van der Waals surface area contributed by atoms with Crippen LogP contribution in [0.25, 0.3) is 5.70 Å². The van der Waals surface area contributed by atoms with E-state index >= 15 is 0 Å². The third-order valence-electron chi connectivity index (χ3n) is 7.29. The van der Waals surface area contributed by atoms with Crippen LogP contribution in [0.15, 0.2) is 73.6 Å². The molecule has 0 spiro atoms. The first-order valence-corrected chi connectivity index (χ1v) is 13.0. The van der Waals surface area contributed by atoms with Crippen molar-refractivity contribution in [1.82, 2.24) is 15.1 Å². The van der Waals surface area contributed by atoms with E-state index in [0.717, 1.165) is 55.9 Å². The third kappa shape index (κ3) is 5.47. The van der Waals surface area contributed by atoms with Gasteiger partial charge in [-0.05, 0) is 73.9 Å². The molecule has 1 fully saturated rings. The van der Waals surface area contributed by atoms with Gasteiger partial charge in [0.1, 0.15) is 0 Å². The fourth-order valence-corrected chi connectivity index (χ4v) is 5.50. The number of nitrogens with zero attached hydrogens (tertiary/aromatic N) is 2. The Hall–Kier alpha value is -2.78. The van der Waals surface area contributed by atoms with Gasteiger partial charge in [0.15, 0.2) is 0 Å². The van der Waals surface area contributed by atoms with Crippen molar-refractivity contribution < 1.29 is 0 Å². The zero-order valence-corrected chi connectivity index (χ0v) is 21.2. The molecule has 2 aliphatic rings. The molecule has 0 aromatic heterocycles. The molecule has 0 aliphatic carbocycles. The third-order valence-corrected chi connectivity index (χ3v) is 7.29. The predicted molar refractivity (Wildman–Crippen MR) is 145 cm³/mol. The molecule has 2 aromatic rings. The van der Waals surface area contributed by atoms with Gasteiger partial charge >= 0.3 is 0 Å². The smallest absolute Gasteiger partial charge is 0.0693 e. The SMILES string of the molecule is C=C1CCC(N2Cc3c(CCc4ccc(CN(CCC)CCC)cc4)cccc3C2=C)C(=C)N1. The molecule has 1 atom stereocenters. The van der Waals surface area contributed by atoms with Crippen molar-refractivity contribution in [2.75, 3.05) is 13.1 Å². The minimum absolute atomic E-state index is 0.283. The van der Waals surface area contributed by atoms with Gasteiger partial charge in [-0.25, -0.2) is 0 Å². The summed E-state index contributed by atoms with van der Waals surface area (Å²) in [5.74, 6) is 0. The van der Waals surface area contributed by atoms with Crippen molar-refractivity contribution in [3.05, 3.63) is 101 Å². The Morgan fingerprint density at radius 3 is 2.32 bits per heavy atom. The highest BCUT2D eigenvalue weighted by Gasteiger charge is 2.32. The summed E-state index contributed by atoms with van der Waals surface area (Å²) in [6.45, 7) is 21.7. The molecule has 2 aliphatic heterocycles. The highest BCUT2D eigenvalue weighted by molar-refractivity contribution is 5.71. The minimum Gasteiger partial charge on any atom is -0.362 e. The minimum atomic E-state index is 0.283. The van der Waals surface area contributed by atoms with E-state index in [2.05, 4.69) is 91.2 Å². The lowest BCUT2D eigenvalue weighted by atomic mass is 9.96. The van der Waals surface area contributed by atoms with E-state index in [0.29, 0.717) is 0 Å². The second-order valence-electron chi connectivity index (χ2n) is 9.92. The Kier molecular flexibility index (Phi) is 7.95. The second kappa shape index (κ2) is 11.1. The van der Waals surface area contributed by atoms with Crippen LogP contribution >= 0.6 is 0 Å². The Morgan fingerprint density at radius 2 is 1.65 bits per heavy atom. The summed E-state index contributed by atoms with van der Waals surface area (Å²) >= 11 is 0. The quantitative estimate of drug-likeness (QED) is 0.432. The number of rotatable bonds is 10. The topological polar surface area (TPSA) is 18.5 Å². The maximum absolute atomic E-state index is 4.46. The lowest BCUT2D eigenvalue weighted by Crippen LogP contribution is -2.39. The molecule has 180 valence electrons. The van der Waals surface area contributed by atoms with Crippen LogP contribution in [0.3, 0.4) is 0 Å². The number of aryl methyl sites for hydroxylation is 2. The molecule has 3 heteroatoms. The summed E-state index contributed by atoms with van der Waals surface area (Å²) < 4.78 is 0. The first kappa shape index (κ1) is 24.3. The fraction of sp³-hybridized carbons (Fsp3) is 0.419. The number of piperidine rings is 1. The van der Waals surface area contributed by atoms with E-state index in [-0.39, 0.29) is 6.04 Å². The Labute approximate surface area is 206 Å². The molecule has 1 N–H and O–H groups in total.